The van der Waals surface area contributed by atoms with Gasteiger partial charge in [-0.25, -0.2) is 4.39 Å². The Morgan fingerprint density at radius 2 is 2.26 bits per heavy atom. The smallest absolute Gasteiger partial charge is 0.274 e. The molecule has 1 aromatic rings. The van der Waals surface area contributed by atoms with Crippen LogP contribution in [0.15, 0.2) is 18.2 Å². The van der Waals surface area contributed by atoms with E-state index in [9.17, 15) is 14.5 Å². The summed E-state index contributed by atoms with van der Waals surface area (Å²) in [6, 6.07) is 3.83. The summed E-state index contributed by atoms with van der Waals surface area (Å²) in [5.74, 6) is -0.443. The minimum Gasteiger partial charge on any atom is -0.329 e. The molecule has 1 fully saturated rings. The van der Waals surface area contributed by atoms with Crippen molar-refractivity contribution in [3.05, 3.63) is 39.7 Å². The number of nitrogens with two attached hydrogens (primary N) is 1. The number of benzene rings is 1. The van der Waals surface area contributed by atoms with Crippen molar-refractivity contribution in [1.82, 2.24) is 4.90 Å². The predicted molar refractivity (Wildman–Crippen MR) is 70.2 cm³/mol. The Labute approximate surface area is 111 Å². The number of nitrogens with zero attached hydrogens (tertiary/aromatic N) is 2. The lowest BCUT2D eigenvalue weighted by Crippen LogP contribution is -2.43. The third-order valence-electron chi connectivity index (χ3n) is 3.63. The minimum atomic E-state index is -0.462. The molecule has 6 heteroatoms. The van der Waals surface area contributed by atoms with Gasteiger partial charge in [-0.2, -0.15) is 0 Å². The fourth-order valence-electron chi connectivity index (χ4n) is 2.61. The quantitative estimate of drug-likeness (QED) is 0.669. The van der Waals surface area contributed by atoms with E-state index in [1.807, 2.05) is 0 Å². The van der Waals surface area contributed by atoms with Crippen LogP contribution in [-0.2, 0) is 6.54 Å². The second-order valence-electron chi connectivity index (χ2n) is 4.89. The first-order valence-corrected chi connectivity index (χ1v) is 6.48. The van der Waals surface area contributed by atoms with Crippen LogP contribution in [0.2, 0.25) is 0 Å². The zero-order valence-corrected chi connectivity index (χ0v) is 10.7. The standard InChI is InChI=1S/C13H18FN3O2/c14-11-4-5-13(17(18)19)10(7-11)9-16-6-2-1-3-12(16)8-15/h4-5,7,12H,1-3,6,8-9,15H2. The van der Waals surface area contributed by atoms with Gasteiger partial charge in [0.05, 0.1) is 4.92 Å². The normalized spacial score (nSPS) is 20.4. The first kappa shape index (κ1) is 13.9. The summed E-state index contributed by atoms with van der Waals surface area (Å²) in [6.07, 6.45) is 3.18. The van der Waals surface area contributed by atoms with E-state index in [4.69, 9.17) is 5.73 Å². The molecule has 2 N–H and O–H groups in total. The number of halogens is 1. The number of nitro benzene ring substituents is 1. The first-order chi connectivity index (χ1) is 9.11. The molecular weight excluding hydrogens is 249 g/mol. The number of nitro groups is 1. The molecule has 0 radical (unpaired) electrons. The highest BCUT2D eigenvalue weighted by molar-refractivity contribution is 5.40. The molecule has 1 saturated heterocycles. The predicted octanol–water partition coefficient (Wildman–Crippen LogP) is 2.05. The molecule has 0 amide bonds. The molecule has 1 unspecified atom stereocenters. The van der Waals surface area contributed by atoms with E-state index >= 15 is 0 Å². The molecular formula is C13H18FN3O2. The molecule has 5 nitrogen and oxygen atoms in total. The van der Waals surface area contributed by atoms with Crippen molar-refractivity contribution in [3.8, 4) is 0 Å². The zero-order valence-electron chi connectivity index (χ0n) is 10.7. The Balaban J connectivity index is 2.21. The fourth-order valence-corrected chi connectivity index (χ4v) is 2.61. The van der Waals surface area contributed by atoms with Crippen LogP contribution < -0.4 is 5.73 Å². The SMILES string of the molecule is NCC1CCCCN1Cc1cc(F)ccc1[N+](=O)[O-]. The van der Waals surface area contributed by atoms with E-state index in [0.29, 0.717) is 18.7 Å². The van der Waals surface area contributed by atoms with E-state index in [0.717, 1.165) is 31.9 Å². The summed E-state index contributed by atoms with van der Waals surface area (Å²) in [5, 5.41) is 11.0. The molecule has 1 aliphatic heterocycles. The van der Waals surface area contributed by atoms with E-state index in [2.05, 4.69) is 4.90 Å². The van der Waals surface area contributed by atoms with Crippen LogP contribution >= 0.6 is 0 Å². The fraction of sp³-hybridized carbons (Fsp3) is 0.538. The van der Waals surface area contributed by atoms with Gasteiger partial charge in [-0.3, -0.25) is 15.0 Å². The van der Waals surface area contributed by atoms with Gasteiger partial charge in [0.25, 0.3) is 5.69 Å². The monoisotopic (exact) mass is 267 g/mol. The van der Waals surface area contributed by atoms with E-state index in [1.165, 1.54) is 12.1 Å². The Bertz CT molecular complexity index is 467. The average Bonchev–Trinajstić information content (AvgIpc) is 2.39. The molecule has 0 saturated carbocycles. The molecule has 1 aromatic carbocycles. The summed E-state index contributed by atoms with van der Waals surface area (Å²) >= 11 is 0. The number of hydrogen-bond acceptors (Lipinski definition) is 4. The summed E-state index contributed by atoms with van der Waals surface area (Å²) in [4.78, 5) is 12.6. The van der Waals surface area contributed by atoms with Gasteiger partial charge in [0.1, 0.15) is 5.82 Å². The Morgan fingerprint density at radius 3 is 2.95 bits per heavy atom. The van der Waals surface area contributed by atoms with Crippen molar-refractivity contribution < 1.29 is 9.31 Å². The molecule has 1 atom stereocenters. The van der Waals surface area contributed by atoms with Crippen molar-refractivity contribution in [3.63, 3.8) is 0 Å². The van der Waals surface area contributed by atoms with E-state index < -0.39 is 10.7 Å². The van der Waals surface area contributed by atoms with Gasteiger partial charge in [0.15, 0.2) is 0 Å². The molecule has 19 heavy (non-hydrogen) atoms. The Hall–Kier alpha value is -1.53. The molecule has 0 bridgehead atoms. The maximum absolute atomic E-state index is 13.3. The lowest BCUT2D eigenvalue weighted by atomic mass is 10.0. The third kappa shape index (κ3) is 3.27. The van der Waals surface area contributed by atoms with Crippen LogP contribution in [0.5, 0.6) is 0 Å². The number of hydrogen-bond donors (Lipinski definition) is 1. The van der Waals surface area contributed by atoms with Crippen molar-refractivity contribution in [2.75, 3.05) is 13.1 Å². The number of rotatable bonds is 4. The Morgan fingerprint density at radius 1 is 1.47 bits per heavy atom. The van der Waals surface area contributed by atoms with E-state index in [1.54, 1.807) is 0 Å². The van der Waals surface area contributed by atoms with Gasteiger partial charge in [0, 0.05) is 30.8 Å². The molecule has 1 aliphatic rings. The number of piperidine rings is 1. The highest BCUT2D eigenvalue weighted by Crippen LogP contribution is 2.25. The summed E-state index contributed by atoms with van der Waals surface area (Å²) in [7, 11) is 0. The maximum atomic E-state index is 13.3. The van der Waals surface area contributed by atoms with Gasteiger partial charge in [-0.05, 0) is 31.5 Å². The molecule has 1 heterocycles. The average molecular weight is 267 g/mol. The van der Waals surface area contributed by atoms with Gasteiger partial charge in [-0.1, -0.05) is 6.42 Å². The summed E-state index contributed by atoms with van der Waals surface area (Å²) in [5.41, 5.74) is 6.12. The first-order valence-electron chi connectivity index (χ1n) is 6.48. The van der Waals surface area contributed by atoms with Crippen molar-refractivity contribution in [2.45, 2.75) is 31.8 Å². The van der Waals surface area contributed by atoms with Crippen LogP contribution in [0.1, 0.15) is 24.8 Å². The minimum absolute atomic E-state index is 0.0252. The zero-order chi connectivity index (χ0) is 13.8. The second-order valence-corrected chi connectivity index (χ2v) is 4.89. The van der Waals surface area contributed by atoms with Crippen LogP contribution in [0.25, 0.3) is 0 Å². The van der Waals surface area contributed by atoms with Gasteiger partial charge < -0.3 is 5.73 Å². The second kappa shape index (κ2) is 6.08. The lowest BCUT2D eigenvalue weighted by molar-refractivity contribution is -0.385. The summed E-state index contributed by atoms with van der Waals surface area (Å²) < 4.78 is 13.3. The third-order valence-corrected chi connectivity index (χ3v) is 3.63. The summed E-state index contributed by atoms with van der Waals surface area (Å²) in [6.45, 7) is 1.77. The molecule has 0 aromatic heterocycles. The van der Waals surface area contributed by atoms with Crippen LogP contribution in [0, 0.1) is 15.9 Å². The van der Waals surface area contributed by atoms with E-state index in [-0.39, 0.29) is 11.7 Å². The molecule has 104 valence electrons. The maximum Gasteiger partial charge on any atom is 0.274 e. The van der Waals surface area contributed by atoms with Crippen molar-refractivity contribution in [1.29, 1.82) is 0 Å². The molecule has 0 spiro atoms. The largest absolute Gasteiger partial charge is 0.329 e. The lowest BCUT2D eigenvalue weighted by Gasteiger charge is -2.34. The van der Waals surface area contributed by atoms with Crippen LogP contribution in [0.3, 0.4) is 0 Å². The Kier molecular flexibility index (Phi) is 4.44. The highest BCUT2D eigenvalue weighted by Gasteiger charge is 2.24. The van der Waals surface area contributed by atoms with Gasteiger partial charge in [-0.15, -0.1) is 0 Å². The molecule has 2 rings (SSSR count). The van der Waals surface area contributed by atoms with Crippen LogP contribution in [0.4, 0.5) is 10.1 Å². The van der Waals surface area contributed by atoms with Crippen molar-refractivity contribution >= 4 is 5.69 Å². The van der Waals surface area contributed by atoms with Gasteiger partial charge in [0.2, 0.25) is 0 Å². The van der Waals surface area contributed by atoms with Gasteiger partial charge >= 0.3 is 0 Å². The van der Waals surface area contributed by atoms with Crippen LogP contribution in [-0.4, -0.2) is 29.0 Å². The molecule has 0 aliphatic carbocycles. The van der Waals surface area contributed by atoms with Crippen molar-refractivity contribution in [2.24, 2.45) is 5.73 Å². The number of likely N-dealkylation sites (tertiary alicyclic amines) is 1. The topological polar surface area (TPSA) is 72.4 Å². The highest BCUT2D eigenvalue weighted by atomic mass is 19.1.